The highest BCUT2D eigenvalue weighted by Gasteiger charge is 2.36. The van der Waals surface area contributed by atoms with E-state index in [1.54, 1.807) is 30.3 Å². The van der Waals surface area contributed by atoms with E-state index in [2.05, 4.69) is 20.3 Å². The highest BCUT2D eigenvalue weighted by Crippen LogP contribution is 2.30. The molecule has 3 aromatic rings. The third-order valence-corrected chi connectivity index (χ3v) is 4.45. The maximum atomic E-state index is 12.4. The number of hydrogen-bond acceptors (Lipinski definition) is 7. The van der Waals surface area contributed by atoms with Gasteiger partial charge in [-0.1, -0.05) is 18.2 Å². The average Bonchev–Trinajstić information content (AvgIpc) is 3.21. The molecule has 0 spiro atoms. The molecule has 3 unspecified atom stereocenters. The lowest BCUT2D eigenvalue weighted by atomic mass is 10.2. The van der Waals surface area contributed by atoms with E-state index in [0.717, 1.165) is 0 Å². The van der Waals surface area contributed by atoms with Crippen LogP contribution in [0.15, 0.2) is 41.5 Å². The number of anilines is 1. The number of nitrogens with one attached hydrogen (secondary N) is 2. The normalized spacial score (nSPS) is 22.2. The third-order valence-electron chi connectivity index (χ3n) is 4.45. The zero-order valence-electron chi connectivity index (χ0n) is 14.1. The highest BCUT2D eigenvalue weighted by atomic mass is 16.5. The van der Waals surface area contributed by atoms with Crippen molar-refractivity contribution >= 4 is 22.9 Å². The van der Waals surface area contributed by atoms with Gasteiger partial charge >= 0.3 is 5.69 Å². The molecule has 1 aliphatic rings. The Bertz CT molecular complexity index is 1030. The van der Waals surface area contributed by atoms with Crippen LogP contribution in [0.2, 0.25) is 0 Å². The zero-order valence-corrected chi connectivity index (χ0v) is 14.1. The van der Waals surface area contributed by atoms with Crippen LogP contribution < -0.4 is 11.0 Å². The molecule has 1 fully saturated rings. The first-order chi connectivity index (χ1) is 13.1. The van der Waals surface area contributed by atoms with Crippen LogP contribution in [0, 0.1) is 0 Å². The van der Waals surface area contributed by atoms with E-state index < -0.39 is 24.1 Å². The third kappa shape index (κ3) is 3.10. The number of H-pyrrole nitrogens is 1. The second kappa shape index (κ2) is 6.91. The standard InChI is InChI=1S/C17H17N5O5/c23-7-11-10(24)6-12(27-11)22-15-13(20-17(22)26)14(18-8-19-15)21-16(25)9-4-2-1-3-5-9/h1-5,8,10-12,23-24H,6-7H2,(H,20,26)(H,18,19,21,25). The summed E-state index contributed by atoms with van der Waals surface area (Å²) in [4.78, 5) is 35.6. The van der Waals surface area contributed by atoms with E-state index in [1.807, 2.05) is 0 Å². The number of aromatic nitrogens is 4. The molecule has 0 aliphatic carbocycles. The minimum absolute atomic E-state index is 0.133. The molecular weight excluding hydrogens is 354 g/mol. The lowest BCUT2D eigenvalue weighted by molar-refractivity contribution is -0.0441. The van der Waals surface area contributed by atoms with Crippen molar-refractivity contribution in [2.75, 3.05) is 11.9 Å². The van der Waals surface area contributed by atoms with Gasteiger partial charge in [0.2, 0.25) is 0 Å². The fraction of sp³-hybridized carbons (Fsp3) is 0.294. The fourth-order valence-corrected chi connectivity index (χ4v) is 3.11. The maximum Gasteiger partial charge on any atom is 0.329 e. The van der Waals surface area contributed by atoms with Crippen molar-refractivity contribution < 1.29 is 19.7 Å². The predicted octanol–water partition coefficient (Wildman–Crippen LogP) is 0.0126. The Labute approximate surface area is 152 Å². The van der Waals surface area contributed by atoms with Crippen molar-refractivity contribution in [1.82, 2.24) is 19.5 Å². The lowest BCUT2D eigenvalue weighted by Gasteiger charge is -2.13. The maximum absolute atomic E-state index is 12.4. The molecule has 4 rings (SSSR count). The molecule has 3 heterocycles. The first-order valence-electron chi connectivity index (χ1n) is 8.34. The van der Waals surface area contributed by atoms with Crippen LogP contribution in [0.25, 0.3) is 11.2 Å². The number of nitrogens with zero attached hydrogens (tertiary/aromatic N) is 3. The van der Waals surface area contributed by atoms with Crippen LogP contribution in [-0.2, 0) is 4.74 Å². The summed E-state index contributed by atoms with van der Waals surface area (Å²) >= 11 is 0. The number of aliphatic hydroxyl groups excluding tert-OH is 2. The summed E-state index contributed by atoms with van der Waals surface area (Å²) in [5.74, 6) is -0.223. The quantitative estimate of drug-likeness (QED) is 0.506. The molecule has 1 saturated heterocycles. The Morgan fingerprint density at radius 3 is 2.81 bits per heavy atom. The van der Waals surface area contributed by atoms with Crippen LogP contribution in [0.5, 0.6) is 0 Å². The van der Waals surface area contributed by atoms with Crippen LogP contribution in [-0.4, -0.2) is 54.5 Å². The summed E-state index contributed by atoms with van der Waals surface area (Å²) in [7, 11) is 0. The van der Waals surface area contributed by atoms with Crippen LogP contribution >= 0.6 is 0 Å². The Morgan fingerprint density at radius 1 is 1.33 bits per heavy atom. The number of rotatable bonds is 4. The lowest BCUT2D eigenvalue weighted by Crippen LogP contribution is -2.25. The van der Waals surface area contributed by atoms with Crippen molar-refractivity contribution in [2.45, 2.75) is 24.9 Å². The fourth-order valence-electron chi connectivity index (χ4n) is 3.11. The van der Waals surface area contributed by atoms with E-state index >= 15 is 0 Å². The summed E-state index contributed by atoms with van der Waals surface area (Å²) < 4.78 is 6.79. The molecule has 10 heteroatoms. The van der Waals surface area contributed by atoms with Crippen LogP contribution in [0.3, 0.4) is 0 Å². The van der Waals surface area contributed by atoms with Crippen molar-refractivity contribution in [3.05, 3.63) is 52.7 Å². The van der Waals surface area contributed by atoms with Gasteiger partial charge in [-0.2, -0.15) is 0 Å². The number of carbonyl (C=O) groups is 1. The molecule has 1 aliphatic heterocycles. The van der Waals surface area contributed by atoms with Gasteiger partial charge in [-0.25, -0.2) is 19.3 Å². The molecule has 1 aromatic carbocycles. The summed E-state index contributed by atoms with van der Waals surface area (Å²) in [6.07, 6.45) is -1.09. The number of ether oxygens (including phenoxy) is 1. The number of aromatic amines is 1. The van der Waals surface area contributed by atoms with Crippen LogP contribution in [0.1, 0.15) is 23.0 Å². The monoisotopic (exact) mass is 371 g/mol. The molecule has 2 aromatic heterocycles. The van der Waals surface area contributed by atoms with Crippen molar-refractivity contribution in [2.24, 2.45) is 0 Å². The Kier molecular flexibility index (Phi) is 4.44. The number of benzene rings is 1. The summed E-state index contributed by atoms with van der Waals surface area (Å²) in [5, 5.41) is 21.8. The first-order valence-corrected chi connectivity index (χ1v) is 8.34. The second-order valence-corrected chi connectivity index (χ2v) is 6.16. The Balaban J connectivity index is 1.69. The minimum Gasteiger partial charge on any atom is -0.394 e. The average molecular weight is 371 g/mol. The molecule has 0 bridgehead atoms. The van der Waals surface area contributed by atoms with Crippen molar-refractivity contribution in [3.63, 3.8) is 0 Å². The number of carbonyl (C=O) groups excluding carboxylic acids is 1. The Hall–Kier alpha value is -3.08. The van der Waals surface area contributed by atoms with Gasteiger partial charge in [0.05, 0.1) is 12.7 Å². The minimum atomic E-state index is -0.893. The van der Waals surface area contributed by atoms with E-state index in [4.69, 9.17) is 4.74 Å². The summed E-state index contributed by atoms with van der Waals surface area (Å²) in [6.45, 7) is -0.359. The molecule has 0 radical (unpaired) electrons. The number of imidazole rings is 1. The van der Waals surface area contributed by atoms with Gasteiger partial charge in [0.25, 0.3) is 5.91 Å². The number of hydrogen-bond donors (Lipinski definition) is 4. The van der Waals surface area contributed by atoms with E-state index in [9.17, 15) is 19.8 Å². The van der Waals surface area contributed by atoms with Crippen molar-refractivity contribution in [3.8, 4) is 0 Å². The zero-order chi connectivity index (χ0) is 19.0. The topological polar surface area (TPSA) is 142 Å². The van der Waals surface area contributed by atoms with Gasteiger partial charge in [-0.15, -0.1) is 0 Å². The van der Waals surface area contributed by atoms with Crippen molar-refractivity contribution in [1.29, 1.82) is 0 Å². The molecule has 10 nitrogen and oxygen atoms in total. The molecular formula is C17H17N5O5. The summed E-state index contributed by atoms with van der Waals surface area (Å²) in [5.41, 5.74) is 0.405. The second-order valence-electron chi connectivity index (χ2n) is 6.16. The predicted molar refractivity (Wildman–Crippen MR) is 94.2 cm³/mol. The molecule has 4 N–H and O–H groups in total. The molecule has 27 heavy (non-hydrogen) atoms. The summed E-state index contributed by atoms with van der Waals surface area (Å²) in [6, 6.07) is 8.59. The van der Waals surface area contributed by atoms with E-state index in [-0.39, 0.29) is 35.9 Å². The van der Waals surface area contributed by atoms with Gasteiger partial charge in [0.1, 0.15) is 24.2 Å². The first kappa shape index (κ1) is 17.3. The molecule has 0 saturated carbocycles. The van der Waals surface area contributed by atoms with Gasteiger partial charge < -0.3 is 25.3 Å². The number of fused-ring (bicyclic) bond motifs is 1. The largest absolute Gasteiger partial charge is 0.394 e. The van der Waals surface area contributed by atoms with Gasteiger partial charge in [0.15, 0.2) is 11.5 Å². The van der Waals surface area contributed by atoms with Crippen LogP contribution in [0.4, 0.5) is 5.82 Å². The Morgan fingerprint density at radius 2 is 2.11 bits per heavy atom. The van der Waals surface area contributed by atoms with Gasteiger partial charge in [-0.3, -0.25) is 4.79 Å². The highest BCUT2D eigenvalue weighted by molar-refractivity contribution is 6.06. The SMILES string of the molecule is O=C(Nc1ncnc2c1[nH]c(=O)n2C1CC(O)C(CO)O1)c1ccccc1. The molecule has 1 amide bonds. The molecule has 140 valence electrons. The van der Waals surface area contributed by atoms with Gasteiger partial charge in [0, 0.05) is 12.0 Å². The van der Waals surface area contributed by atoms with E-state index in [0.29, 0.717) is 5.56 Å². The van der Waals surface area contributed by atoms with E-state index in [1.165, 1.54) is 10.9 Å². The van der Waals surface area contributed by atoms with Gasteiger partial charge in [-0.05, 0) is 12.1 Å². The smallest absolute Gasteiger partial charge is 0.329 e. The number of amides is 1. The number of aliphatic hydroxyl groups is 2. The molecule has 3 atom stereocenters.